The lowest BCUT2D eigenvalue weighted by molar-refractivity contribution is 0.676. The molecular formula is C5H14N4. The highest BCUT2D eigenvalue weighted by Crippen LogP contribution is 1.84. The average Bonchev–Trinajstić information content (AvgIpc) is 1.63. The molecule has 0 heterocycles. The van der Waals surface area contributed by atoms with Crippen LogP contribution in [0.1, 0.15) is 13.3 Å². The van der Waals surface area contributed by atoms with Crippen molar-refractivity contribution in [2.45, 2.75) is 19.4 Å². The minimum Gasteiger partial charge on any atom is -0.370 e. The Morgan fingerprint density at radius 2 is 2.11 bits per heavy atom. The summed E-state index contributed by atoms with van der Waals surface area (Å²) in [5, 5.41) is 0. The molecule has 0 radical (unpaired) electrons. The quantitative estimate of drug-likeness (QED) is 0.338. The van der Waals surface area contributed by atoms with Crippen molar-refractivity contribution in [1.29, 1.82) is 0 Å². The minimum atomic E-state index is 0.135. The molecule has 0 aliphatic heterocycles. The van der Waals surface area contributed by atoms with Gasteiger partial charge in [-0.15, -0.1) is 0 Å². The Kier molecular flexibility index (Phi) is 3.79. The third-order valence-electron chi connectivity index (χ3n) is 0.879. The number of hydrogen-bond donors (Lipinski definition) is 3. The van der Waals surface area contributed by atoms with Crippen LogP contribution in [0.2, 0.25) is 0 Å². The molecule has 1 atom stereocenters. The molecule has 0 unspecified atom stereocenters. The molecule has 0 bridgehead atoms. The summed E-state index contributed by atoms with van der Waals surface area (Å²) in [5.74, 6) is 0.135. The highest BCUT2D eigenvalue weighted by molar-refractivity contribution is 5.75. The summed E-state index contributed by atoms with van der Waals surface area (Å²) in [4.78, 5) is 3.76. The maximum absolute atomic E-state index is 5.43. The molecule has 4 heteroatoms. The first-order valence-electron chi connectivity index (χ1n) is 2.94. The maximum atomic E-state index is 5.43. The van der Waals surface area contributed by atoms with Crippen molar-refractivity contribution in [3.05, 3.63) is 0 Å². The van der Waals surface area contributed by atoms with Gasteiger partial charge >= 0.3 is 0 Å². The van der Waals surface area contributed by atoms with E-state index in [9.17, 15) is 0 Å². The highest BCUT2D eigenvalue weighted by atomic mass is 15.0. The van der Waals surface area contributed by atoms with Gasteiger partial charge in [-0.3, -0.25) is 4.99 Å². The summed E-state index contributed by atoms with van der Waals surface area (Å²) in [5.41, 5.74) is 15.6. The van der Waals surface area contributed by atoms with Gasteiger partial charge in [0.1, 0.15) is 0 Å². The first-order chi connectivity index (χ1) is 4.13. The van der Waals surface area contributed by atoms with Crippen molar-refractivity contribution in [3.8, 4) is 0 Å². The van der Waals surface area contributed by atoms with Crippen LogP contribution in [-0.4, -0.2) is 18.5 Å². The molecule has 54 valence electrons. The lowest BCUT2D eigenvalue weighted by Crippen LogP contribution is -2.24. The number of guanidine groups is 1. The zero-order chi connectivity index (χ0) is 7.28. The number of nitrogens with zero attached hydrogens (tertiary/aromatic N) is 1. The highest BCUT2D eigenvalue weighted by Gasteiger charge is 1.90. The molecule has 4 nitrogen and oxygen atoms in total. The number of nitrogens with two attached hydrogens (primary N) is 3. The average molecular weight is 130 g/mol. The van der Waals surface area contributed by atoms with E-state index in [-0.39, 0.29) is 12.0 Å². The molecule has 0 amide bonds. The Morgan fingerprint density at radius 1 is 1.56 bits per heavy atom. The molecule has 0 aromatic heterocycles. The van der Waals surface area contributed by atoms with Crippen LogP contribution in [0.3, 0.4) is 0 Å². The third kappa shape index (κ3) is 7.23. The van der Waals surface area contributed by atoms with Gasteiger partial charge in [0.2, 0.25) is 0 Å². The predicted octanol–water partition coefficient (Wildman–Crippen LogP) is -1.00. The molecule has 0 saturated carbocycles. The first-order valence-corrected chi connectivity index (χ1v) is 2.94. The smallest absolute Gasteiger partial charge is 0.185 e. The molecule has 0 rings (SSSR count). The SMILES string of the molecule is C[C@H](N)CCN=C(N)N. The Balaban J connectivity index is 3.20. The summed E-state index contributed by atoms with van der Waals surface area (Å²) < 4.78 is 0. The molecule has 9 heavy (non-hydrogen) atoms. The number of aliphatic imine (C=N–C) groups is 1. The van der Waals surface area contributed by atoms with E-state index in [4.69, 9.17) is 17.2 Å². The van der Waals surface area contributed by atoms with Gasteiger partial charge < -0.3 is 17.2 Å². The topological polar surface area (TPSA) is 90.4 Å². The maximum Gasteiger partial charge on any atom is 0.185 e. The van der Waals surface area contributed by atoms with Crippen LogP contribution >= 0.6 is 0 Å². The Bertz CT molecular complexity index is 93.1. The van der Waals surface area contributed by atoms with Crippen molar-refractivity contribution in [3.63, 3.8) is 0 Å². The van der Waals surface area contributed by atoms with E-state index in [1.54, 1.807) is 0 Å². The van der Waals surface area contributed by atoms with E-state index in [2.05, 4.69) is 4.99 Å². The largest absolute Gasteiger partial charge is 0.370 e. The number of rotatable bonds is 3. The number of hydrogen-bond acceptors (Lipinski definition) is 2. The summed E-state index contributed by atoms with van der Waals surface area (Å²) >= 11 is 0. The van der Waals surface area contributed by atoms with Crippen LogP contribution < -0.4 is 17.2 Å². The van der Waals surface area contributed by atoms with Crippen molar-refractivity contribution >= 4 is 5.96 Å². The van der Waals surface area contributed by atoms with Gasteiger partial charge in [-0.1, -0.05) is 0 Å². The first kappa shape index (κ1) is 8.23. The van der Waals surface area contributed by atoms with Crippen molar-refractivity contribution in [2.75, 3.05) is 6.54 Å². The van der Waals surface area contributed by atoms with Gasteiger partial charge in [0, 0.05) is 12.6 Å². The Labute approximate surface area is 55.1 Å². The van der Waals surface area contributed by atoms with Crippen LogP contribution in [-0.2, 0) is 0 Å². The minimum absolute atomic E-state index is 0.135. The second kappa shape index (κ2) is 4.14. The van der Waals surface area contributed by atoms with E-state index < -0.39 is 0 Å². The molecular weight excluding hydrogens is 116 g/mol. The van der Waals surface area contributed by atoms with Crippen molar-refractivity contribution in [2.24, 2.45) is 22.2 Å². The van der Waals surface area contributed by atoms with Gasteiger partial charge in [0.25, 0.3) is 0 Å². The van der Waals surface area contributed by atoms with Crippen LogP contribution in [0.4, 0.5) is 0 Å². The van der Waals surface area contributed by atoms with Crippen LogP contribution in [0.15, 0.2) is 4.99 Å². The Hall–Kier alpha value is -0.770. The van der Waals surface area contributed by atoms with Crippen LogP contribution in [0.25, 0.3) is 0 Å². The van der Waals surface area contributed by atoms with Crippen molar-refractivity contribution in [1.82, 2.24) is 0 Å². The molecule has 0 aromatic carbocycles. The summed E-state index contributed by atoms with van der Waals surface area (Å²) in [7, 11) is 0. The summed E-state index contributed by atoms with van der Waals surface area (Å²) in [6.07, 6.45) is 0.831. The fraction of sp³-hybridized carbons (Fsp3) is 0.800. The van der Waals surface area contributed by atoms with E-state index in [1.807, 2.05) is 6.92 Å². The molecule has 0 fully saturated rings. The van der Waals surface area contributed by atoms with Gasteiger partial charge in [-0.25, -0.2) is 0 Å². The molecule has 0 aliphatic carbocycles. The second-order valence-corrected chi connectivity index (χ2v) is 2.07. The lowest BCUT2D eigenvalue weighted by atomic mass is 10.3. The van der Waals surface area contributed by atoms with E-state index in [0.717, 1.165) is 6.42 Å². The third-order valence-corrected chi connectivity index (χ3v) is 0.879. The van der Waals surface area contributed by atoms with E-state index in [0.29, 0.717) is 6.54 Å². The molecule has 0 spiro atoms. The van der Waals surface area contributed by atoms with Gasteiger partial charge in [-0.2, -0.15) is 0 Å². The van der Waals surface area contributed by atoms with Crippen molar-refractivity contribution < 1.29 is 0 Å². The standard InChI is InChI=1S/C5H14N4/c1-4(6)2-3-9-5(7)8/h4H,2-3,6H2,1H3,(H4,7,8,9)/t4-/m0/s1. The fourth-order valence-corrected chi connectivity index (χ4v) is 0.397. The van der Waals surface area contributed by atoms with E-state index >= 15 is 0 Å². The second-order valence-electron chi connectivity index (χ2n) is 2.07. The predicted molar refractivity (Wildman–Crippen MR) is 38.9 cm³/mol. The summed E-state index contributed by atoms with van der Waals surface area (Å²) in [6, 6.07) is 0.174. The zero-order valence-corrected chi connectivity index (χ0v) is 5.67. The fourth-order valence-electron chi connectivity index (χ4n) is 0.397. The van der Waals surface area contributed by atoms with Crippen LogP contribution in [0.5, 0.6) is 0 Å². The Morgan fingerprint density at radius 3 is 2.44 bits per heavy atom. The normalized spacial score (nSPS) is 12.7. The van der Waals surface area contributed by atoms with Gasteiger partial charge in [0.05, 0.1) is 0 Å². The molecule has 0 saturated heterocycles. The van der Waals surface area contributed by atoms with Crippen LogP contribution in [0, 0.1) is 0 Å². The molecule has 0 aliphatic rings. The van der Waals surface area contributed by atoms with Gasteiger partial charge in [0.15, 0.2) is 5.96 Å². The monoisotopic (exact) mass is 130 g/mol. The molecule has 6 N–H and O–H groups in total. The zero-order valence-electron chi connectivity index (χ0n) is 5.67. The molecule has 0 aromatic rings. The lowest BCUT2D eigenvalue weighted by Gasteiger charge is -1.99. The summed E-state index contributed by atoms with van der Waals surface area (Å²) in [6.45, 7) is 2.54. The van der Waals surface area contributed by atoms with Gasteiger partial charge in [-0.05, 0) is 13.3 Å². The van der Waals surface area contributed by atoms with E-state index in [1.165, 1.54) is 0 Å².